The summed E-state index contributed by atoms with van der Waals surface area (Å²) in [6.07, 6.45) is 14.9. The van der Waals surface area contributed by atoms with Crippen molar-refractivity contribution in [2.45, 2.75) is 97.4 Å². The Morgan fingerprint density at radius 3 is 2.10 bits per heavy atom. The standard InChI is InChI=1S/C29H44Si2/c1-10-11-15-29(16-13-12-14-17-29)30(28-24(5)22(3)23(4)25(28)6)26-18-21(2)19-27(20-26)31(7,8)9/h12-14,16,18-20,28,30H,10-11,15,17H2,1-9H3. The minimum Gasteiger partial charge on any atom is -0.0840 e. The van der Waals surface area contributed by atoms with E-state index in [1.165, 1.54) is 31.2 Å². The Labute approximate surface area is 194 Å². The van der Waals surface area contributed by atoms with Crippen molar-refractivity contribution in [2.24, 2.45) is 0 Å². The van der Waals surface area contributed by atoms with Gasteiger partial charge in [-0.25, -0.2) is 0 Å². The summed E-state index contributed by atoms with van der Waals surface area (Å²) in [6.45, 7) is 21.8. The summed E-state index contributed by atoms with van der Waals surface area (Å²) in [5, 5.41) is 3.67. The maximum absolute atomic E-state index is 2.67. The van der Waals surface area contributed by atoms with Gasteiger partial charge in [-0.15, -0.1) is 0 Å². The molecule has 0 aliphatic heterocycles. The zero-order valence-electron chi connectivity index (χ0n) is 21.5. The van der Waals surface area contributed by atoms with Crippen molar-refractivity contribution < 1.29 is 0 Å². The van der Waals surface area contributed by atoms with Crippen LogP contribution in [0.2, 0.25) is 30.2 Å². The molecule has 2 aliphatic rings. The molecular formula is C29H44Si2. The molecule has 168 valence electrons. The van der Waals surface area contributed by atoms with Crippen LogP contribution in [-0.2, 0) is 0 Å². The highest BCUT2D eigenvalue weighted by Crippen LogP contribution is 2.53. The van der Waals surface area contributed by atoms with Gasteiger partial charge in [0.15, 0.2) is 0 Å². The molecule has 2 heteroatoms. The number of unbranched alkanes of at least 4 members (excludes halogenated alkanes) is 1. The smallest absolute Gasteiger partial charge is 0.0840 e. The Bertz CT molecular complexity index is 927. The molecule has 0 fully saturated rings. The minimum atomic E-state index is -1.45. The fraction of sp³-hybridized carbons (Fsp3) is 0.517. The van der Waals surface area contributed by atoms with E-state index in [9.17, 15) is 0 Å². The molecule has 1 aromatic carbocycles. The lowest BCUT2D eigenvalue weighted by Crippen LogP contribution is -2.49. The van der Waals surface area contributed by atoms with Crippen molar-refractivity contribution >= 4 is 27.2 Å². The highest BCUT2D eigenvalue weighted by molar-refractivity contribution is 6.89. The van der Waals surface area contributed by atoms with Crippen LogP contribution >= 0.6 is 0 Å². The fourth-order valence-electron chi connectivity index (χ4n) is 5.92. The average molecular weight is 449 g/mol. The predicted octanol–water partition coefficient (Wildman–Crippen LogP) is 7.48. The van der Waals surface area contributed by atoms with Crippen LogP contribution in [0.25, 0.3) is 0 Å². The number of allylic oxidation sites excluding steroid dienone is 8. The molecule has 0 radical (unpaired) electrons. The van der Waals surface area contributed by atoms with E-state index in [1.54, 1.807) is 32.7 Å². The lowest BCUT2D eigenvalue weighted by molar-refractivity contribution is 0.562. The van der Waals surface area contributed by atoms with E-state index < -0.39 is 16.9 Å². The summed E-state index contributed by atoms with van der Waals surface area (Å²) in [6, 6.07) is 7.72. The van der Waals surface area contributed by atoms with E-state index in [2.05, 4.69) is 104 Å². The van der Waals surface area contributed by atoms with Crippen LogP contribution in [0.3, 0.4) is 0 Å². The number of aryl methyl sites for hydroxylation is 1. The first-order valence-corrected chi connectivity index (χ1v) is 17.7. The number of hydrogen-bond donors (Lipinski definition) is 0. The zero-order chi connectivity index (χ0) is 23.0. The summed E-state index contributed by atoms with van der Waals surface area (Å²) in [5.41, 5.74) is 8.52. The summed E-state index contributed by atoms with van der Waals surface area (Å²) in [7, 11) is -2.82. The third-order valence-corrected chi connectivity index (χ3v) is 14.8. The van der Waals surface area contributed by atoms with Gasteiger partial charge in [0, 0.05) is 0 Å². The molecule has 0 bridgehead atoms. The summed E-state index contributed by atoms with van der Waals surface area (Å²) < 4.78 is 0. The van der Waals surface area contributed by atoms with Crippen LogP contribution in [-0.4, -0.2) is 16.9 Å². The number of hydrogen-bond acceptors (Lipinski definition) is 0. The second-order valence-electron chi connectivity index (χ2n) is 11.3. The van der Waals surface area contributed by atoms with Gasteiger partial charge in [0.2, 0.25) is 0 Å². The molecular weight excluding hydrogens is 404 g/mol. The van der Waals surface area contributed by atoms with E-state index in [1.807, 2.05) is 0 Å². The first-order valence-electron chi connectivity index (χ1n) is 12.3. The molecule has 2 unspecified atom stereocenters. The Hall–Kier alpha value is -1.39. The van der Waals surface area contributed by atoms with Crippen LogP contribution < -0.4 is 10.4 Å². The van der Waals surface area contributed by atoms with Gasteiger partial charge in [-0.1, -0.05) is 109 Å². The topological polar surface area (TPSA) is 0 Å². The molecule has 2 atom stereocenters. The van der Waals surface area contributed by atoms with E-state index >= 15 is 0 Å². The van der Waals surface area contributed by atoms with Gasteiger partial charge in [0.05, 0.1) is 16.9 Å². The Balaban J connectivity index is 2.27. The van der Waals surface area contributed by atoms with Crippen LogP contribution in [0.4, 0.5) is 0 Å². The van der Waals surface area contributed by atoms with Gasteiger partial charge >= 0.3 is 0 Å². The third kappa shape index (κ3) is 4.71. The maximum Gasteiger partial charge on any atom is 0.0924 e. The molecule has 0 nitrogen and oxygen atoms in total. The van der Waals surface area contributed by atoms with Gasteiger partial charge < -0.3 is 0 Å². The summed E-state index contributed by atoms with van der Waals surface area (Å²) in [5.74, 6) is 0. The molecule has 0 amide bonds. The first kappa shape index (κ1) is 24.3. The normalized spacial score (nSPS) is 23.3. The summed E-state index contributed by atoms with van der Waals surface area (Å²) in [4.78, 5) is 0. The van der Waals surface area contributed by atoms with E-state index in [0.717, 1.165) is 0 Å². The number of rotatable bonds is 7. The Morgan fingerprint density at radius 2 is 1.58 bits per heavy atom. The molecule has 2 aliphatic carbocycles. The molecule has 0 N–H and O–H groups in total. The second-order valence-corrected chi connectivity index (χ2v) is 19.8. The molecule has 0 heterocycles. The monoisotopic (exact) mass is 448 g/mol. The molecule has 0 aromatic heterocycles. The quantitative estimate of drug-likeness (QED) is 0.379. The second kappa shape index (κ2) is 9.23. The van der Waals surface area contributed by atoms with E-state index in [-0.39, 0.29) is 0 Å². The third-order valence-electron chi connectivity index (χ3n) is 8.13. The number of benzene rings is 1. The van der Waals surface area contributed by atoms with Gasteiger partial charge in [-0.2, -0.15) is 0 Å². The Kier molecular flexibility index (Phi) is 7.22. The summed E-state index contributed by atoms with van der Waals surface area (Å²) >= 11 is 0. The Morgan fingerprint density at radius 1 is 0.935 bits per heavy atom. The van der Waals surface area contributed by atoms with Crippen LogP contribution in [0.15, 0.2) is 64.8 Å². The van der Waals surface area contributed by atoms with Crippen molar-refractivity contribution in [1.29, 1.82) is 0 Å². The molecule has 3 rings (SSSR count). The highest BCUT2D eigenvalue weighted by atomic mass is 28.3. The van der Waals surface area contributed by atoms with Crippen molar-refractivity contribution in [3.8, 4) is 0 Å². The van der Waals surface area contributed by atoms with Crippen LogP contribution in [0.1, 0.15) is 65.9 Å². The average Bonchev–Trinajstić information content (AvgIpc) is 2.90. The van der Waals surface area contributed by atoms with Gasteiger partial charge in [0.25, 0.3) is 0 Å². The lowest BCUT2D eigenvalue weighted by Gasteiger charge is -2.43. The van der Waals surface area contributed by atoms with Gasteiger partial charge in [-0.05, 0) is 69.2 Å². The van der Waals surface area contributed by atoms with Gasteiger partial charge in [0.1, 0.15) is 0 Å². The van der Waals surface area contributed by atoms with Crippen molar-refractivity contribution in [3.63, 3.8) is 0 Å². The van der Waals surface area contributed by atoms with E-state index in [4.69, 9.17) is 0 Å². The van der Waals surface area contributed by atoms with Crippen LogP contribution in [0.5, 0.6) is 0 Å². The van der Waals surface area contributed by atoms with Crippen molar-refractivity contribution in [1.82, 2.24) is 0 Å². The fourth-order valence-corrected chi connectivity index (χ4v) is 12.6. The predicted molar refractivity (Wildman–Crippen MR) is 147 cm³/mol. The SMILES string of the molecule is CCCCC1([SiH](c2cc(C)cc([Si](C)(C)C)c2)C2C(C)=C(C)C(C)=C2C)C=CC=CC1. The maximum atomic E-state index is 2.67. The molecule has 1 aromatic rings. The van der Waals surface area contributed by atoms with Crippen molar-refractivity contribution in [3.05, 3.63) is 70.4 Å². The highest BCUT2D eigenvalue weighted by Gasteiger charge is 2.46. The minimum absolute atomic E-state index is 0.327. The van der Waals surface area contributed by atoms with E-state index in [0.29, 0.717) is 10.6 Å². The lowest BCUT2D eigenvalue weighted by atomic mass is 9.93. The molecule has 0 saturated carbocycles. The molecule has 31 heavy (non-hydrogen) atoms. The van der Waals surface area contributed by atoms with Gasteiger partial charge in [-0.3, -0.25) is 0 Å². The van der Waals surface area contributed by atoms with Crippen molar-refractivity contribution in [2.75, 3.05) is 0 Å². The largest absolute Gasteiger partial charge is 0.0924 e. The zero-order valence-corrected chi connectivity index (χ0v) is 23.7. The van der Waals surface area contributed by atoms with Crippen LogP contribution in [0, 0.1) is 6.92 Å². The molecule has 0 spiro atoms. The first-order chi connectivity index (χ1) is 14.5. The molecule has 0 saturated heterocycles.